The summed E-state index contributed by atoms with van der Waals surface area (Å²) in [4.78, 5) is 9.34. The Labute approximate surface area is 120 Å². The summed E-state index contributed by atoms with van der Waals surface area (Å²) in [5.74, 6) is 1.69. The summed E-state index contributed by atoms with van der Waals surface area (Å²) >= 11 is 6.16. The van der Waals surface area contributed by atoms with Gasteiger partial charge in [0, 0.05) is 25.7 Å². The van der Waals surface area contributed by atoms with E-state index >= 15 is 0 Å². The van der Waals surface area contributed by atoms with Crippen LogP contribution in [0.15, 0.2) is 12.1 Å². The van der Waals surface area contributed by atoms with Gasteiger partial charge in [0.2, 0.25) is 0 Å². The molecule has 2 rings (SSSR count). The van der Waals surface area contributed by atoms with Gasteiger partial charge in [0.15, 0.2) is 0 Å². The van der Waals surface area contributed by atoms with E-state index in [9.17, 15) is 0 Å². The van der Waals surface area contributed by atoms with E-state index in [1.54, 1.807) is 0 Å². The molecule has 1 aromatic rings. The van der Waals surface area contributed by atoms with Gasteiger partial charge in [0.25, 0.3) is 0 Å². The molecular weight excluding hydrogens is 260 g/mol. The fourth-order valence-corrected chi connectivity index (χ4v) is 2.92. The van der Waals surface area contributed by atoms with Crippen molar-refractivity contribution in [3.63, 3.8) is 0 Å². The SMILES string of the molecule is CNCc1nc(N2CC(C)C(N(C)C)C2)ccc1Cl. The number of pyridine rings is 1. The van der Waals surface area contributed by atoms with Crippen LogP contribution in [0, 0.1) is 5.92 Å². The summed E-state index contributed by atoms with van der Waals surface area (Å²) in [6.45, 7) is 5.08. The lowest BCUT2D eigenvalue weighted by molar-refractivity contribution is 0.266. The Morgan fingerprint density at radius 2 is 2.16 bits per heavy atom. The van der Waals surface area contributed by atoms with E-state index in [0.29, 0.717) is 18.5 Å². The van der Waals surface area contributed by atoms with Gasteiger partial charge < -0.3 is 15.1 Å². The maximum Gasteiger partial charge on any atom is 0.129 e. The molecule has 1 aliphatic rings. The maximum absolute atomic E-state index is 6.16. The smallest absolute Gasteiger partial charge is 0.129 e. The van der Waals surface area contributed by atoms with Crippen LogP contribution in [0.4, 0.5) is 5.82 Å². The van der Waals surface area contributed by atoms with Gasteiger partial charge in [-0.05, 0) is 39.2 Å². The highest BCUT2D eigenvalue weighted by Crippen LogP contribution is 2.26. The molecule has 2 heterocycles. The molecule has 0 saturated carbocycles. The highest BCUT2D eigenvalue weighted by molar-refractivity contribution is 6.31. The topological polar surface area (TPSA) is 31.4 Å². The van der Waals surface area contributed by atoms with Gasteiger partial charge >= 0.3 is 0 Å². The van der Waals surface area contributed by atoms with Gasteiger partial charge in [0.1, 0.15) is 5.82 Å². The quantitative estimate of drug-likeness (QED) is 0.913. The number of anilines is 1. The molecular formula is C14H23ClN4. The lowest BCUT2D eigenvalue weighted by atomic mass is 10.1. The van der Waals surface area contributed by atoms with Crippen molar-refractivity contribution in [1.29, 1.82) is 0 Å². The molecule has 106 valence electrons. The maximum atomic E-state index is 6.16. The van der Waals surface area contributed by atoms with Crippen molar-refractivity contribution >= 4 is 17.4 Å². The van der Waals surface area contributed by atoms with Crippen LogP contribution in [0.3, 0.4) is 0 Å². The number of nitrogens with one attached hydrogen (secondary N) is 1. The second kappa shape index (κ2) is 6.07. The average molecular weight is 283 g/mol. The zero-order valence-electron chi connectivity index (χ0n) is 12.2. The van der Waals surface area contributed by atoms with E-state index in [-0.39, 0.29) is 0 Å². The number of halogens is 1. The summed E-state index contributed by atoms with van der Waals surface area (Å²) in [6, 6.07) is 4.56. The van der Waals surface area contributed by atoms with E-state index in [0.717, 1.165) is 29.6 Å². The first-order chi connectivity index (χ1) is 9.02. The first-order valence-electron chi connectivity index (χ1n) is 6.74. The Morgan fingerprint density at radius 3 is 2.74 bits per heavy atom. The molecule has 1 aromatic heterocycles. The molecule has 0 aliphatic carbocycles. The van der Waals surface area contributed by atoms with Crippen molar-refractivity contribution in [2.75, 3.05) is 39.1 Å². The van der Waals surface area contributed by atoms with E-state index < -0.39 is 0 Å². The van der Waals surface area contributed by atoms with Crippen LogP contribution in [0.25, 0.3) is 0 Å². The molecule has 0 radical (unpaired) electrons. The molecule has 0 spiro atoms. The molecule has 1 aliphatic heterocycles. The third kappa shape index (κ3) is 3.19. The summed E-state index contributed by atoms with van der Waals surface area (Å²) in [5, 5.41) is 3.84. The highest BCUT2D eigenvalue weighted by Gasteiger charge is 2.31. The molecule has 2 atom stereocenters. The number of aromatic nitrogens is 1. The van der Waals surface area contributed by atoms with Crippen LogP contribution in [0.1, 0.15) is 12.6 Å². The number of hydrogen-bond donors (Lipinski definition) is 1. The lowest BCUT2D eigenvalue weighted by Gasteiger charge is -2.22. The third-order valence-electron chi connectivity index (χ3n) is 3.81. The predicted octanol–water partition coefficient (Wildman–Crippen LogP) is 1.84. The van der Waals surface area contributed by atoms with Gasteiger partial charge in [-0.3, -0.25) is 0 Å². The van der Waals surface area contributed by atoms with Crippen LogP contribution in [-0.2, 0) is 6.54 Å². The van der Waals surface area contributed by atoms with Crippen molar-refractivity contribution < 1.29 is 0 Å². The Kier molecular flexibility index (Phi) is 4.66. The normalized spacial score (nSPS) is 23.4. The minimum absolute atomic E-state index is 0.588. The fourth-order valence-electron chi connectivity index (χ4n) is 2.75. The zero-order chi connectivity index (χ0) is 14.0. The zero-order valence-corrected chi connectivity index (χ0v) is 12.9. The molecule has 1 fully saturated rings. The van der Waals surface area contributed by atoms with E-state index in [4.69, 9.17) is 11.6 Å². The second-order valence-corrected chi connectivity index (χ2v) is 5.95. The Morgan fingerprint density at radius 1 is 1.42 bits per heavy atom. The number of nitrogens with zero attached hydrogens (tertiary/aromatic N) is 3. The molecule has 1 saturated heterocycles. The van der Waals surface area contributed by atoms with Gasteiger partial charge in [-0.1, -0.05) is 18.5 Å². The number of hydrogen-bond acceptors (Lipinski definition) is 4. The summed E-state index contributed by atoms with van der Waals surface area (Å²) in [6.07, 6.45) is 0. The summed E-state index contributed by atoms with van der Waals surface area (Å²) in [5.41, 5.74) is 0.919. The summed E-state index contributed by atoms with van der Waals surface area (Å²) in [7, 11) is 6.20. The van der Waals surface area contributed by atoms with Crippen LogP contribution < -0.4 is 10.2 Å². The van der Waals surface area contributed by atoms with Crippen LogP contribution in [0.5, 0.6) is 0 Å². The van der Waals surface area contributed by atoms with E-state index in [2.05, 4.69) is 41.1 Å². The second-order valence-electron chi connectivity index (χ2n) is 5.54. The Hall–Kier alpha value is -0.840. The van der Waals surface area contributed by atoms with Crippen molar-refractivity contribution in [2.45, 2.75) is 19.5 Å². The first kappa shape index (κ1) is 14.6. The third-order valence-corrected chi connectivity index (χ3v) is 4.15. The summed E-state index contributed by atoms with van der Waals surface area (Å²) < 4.78 is 0. The molecule has 0 bridgehead atoms. The van der Waals surface area contributed by atoms with Gasteiger partial charge in [-0.25, -0.2) is 4.98 Å². The number of rotatable bonds is 4. The van der Waals surface area contributed by atoms with Crippen LogP contribution in [0.2, 0.25) is 5.02 Å². The number of likely N-dealkylation sites (N-methyl/N-ethyl adjacent to an activating group) is 1. The van der Waals surface area contributed by atoms with Crippen molar-refractivity contribution in [2.24, 2.45) is 5.92 Å². The first-order valence-corrected chi connectivity index (χ1v) is 7.12. The lowest BCUT2D eigenvalue weighted by Crippen LogP contribution is -2.34. The van der Waals surface area contributed by atoms with E-state index in [1.165, 1.54) is 0 Å². The fraction of sp³-hybridized carbons (Fsp3) is 0.643. The average Bonchev–Trinajstić information content (AvgIpc) is 2.74. The Bertz CT molecular complexity index is 435. The Balaban J connectivity index is 2.17. The minimum atomic E-state index is 0.588. The van der Waals surface area contributed by atoms with Crippen LogP contribution >= 0.6 is 11.6 Å². The van der Waals surface area contributed by atoms with Crippen molar-refractivity contribution in [3.8, 4) is 0 Å². The standard InChI is InChI=1S/C14H23ClN4/c1-10-8-19(9-13(10)18(3)4)14-6-5-11(15)12(17-14)7-16-2/h5-6,10,13,16H,7-9H2,1-4H3. The van der Waals surface area contributed by atoms with E-state index in [1.807, 2.05) is 19.2 Å². The van der Waals surface area contributed by atoms with Crippen molar-refractivity contribution in [1.82, 2.24) is 15.2 Å². The van der Waals surface area contributed by atoms with Gasteiger partial charge in [0.05, 0.1) is 10.7 Å². The molecule has 5 heteroatoms. The largest absolute Gasteiger partial charge is 0.355 e. The van der Waals surface area contributed by atoms with Crippen molar-refractivity contribution in [3.05, 3.63) is 22.8 Å². The molecule has 2 unspecified atom stereocenters. The predicted molar refractivity (Wildman–Crippen MR) is 80.9 cm³/mol. The van der Waals surface area contributed by atoms with Gasteiger partial charge in [-0.15, -0.1) is 0 Å². The molecule has 4 nitrogen and oxygen atoms in total. The highest BCUT2D eigenvalue weighted by atomic mass is 35.5. The molecule has 19 heavy (non-hydrogen) atoms. The minimum Gasteiger partial charge on any atom is -0.355 e. The molecule has 1 N–H and O–H groups in total. The van der Waals surface area contributed by atoms with Gasteiger partial charge in [-0.2, -0.15) is 0 Å². The van der Waals surface area contributed by atoms with Crippen LogP contribution in [-0.4, -0.2) is 50.2 Å². The molecule has 0 aromatic carbocycles. The molecule has 0 amide bonds. The monoisotopic (exact) mass is 282 g/mol.